The van der Waals surface area contributed by atoms with Crippen molar-refractivity contribution in [3.63, 3.8) is 0 Å². The molecule has 0 bridgehead atoms. The zero-order valence-corrected chi connectivity index (χ0v) is 14.3. The summed E-state index contributed by atoms with van der Waals surface area (Å²) in [6, 6.07) is 10.5. The molecule has 0 fully saturated rings. The third-order valence-electron chi connectivity index (χ3n) is 3.60. The average molecular weight is 375 g/mol. The number of nitrogens with zero attached hydrogens (tertiary/aromatic N) is 2. The Hall–Kier alpha value is -2.94. The van der Waals surface area contributed by atoms with E-state index in [4.69, 9.17) is 4.74 Å². The van der Waals surface area contributed by atoms with Crippen molar-refractivity contribution in [2.45, 2.75) is 11.3 Å². The van der Waals surface area contributed by atoms with Gasteiger partial charge in [0, 0.05) is 23.8 Å². The Balaban J connectivity index is 1.65. The lowest BCUT2D eigenvalue weighted by atomic mass is 10.1. The highest BCUT2D eigenvalue weighted by Crippen LogP contribution is 2.32. The molecular weight excluding hydrogens is 361 g/mol. The van der Waals surface area contributed by atoms with Crippen LogP contribution in [0.15, 0.2) is 52.5 Å². The molecule has 0 aromatic heterocycles. The molecule has 0 atom stereocenters. The minimum Gasteiger partial charge on any atom is -0.477 e. The number of nitrogens with one attached hydrogen (secondary N) is 1. The lowest BCUT2D eigenvalue weighted by Gasteiger charge is -2.17. The van der Waals surface area contributed by atoms with Crippen molar-refractivity contribution < 1.29 is 18.8 Å². The van der Waals surface area contributed by atoms with Crippen LogP contribution in [0, 0.1) is 15.9 Å². The molecule has 1 aliphatic rings. The first-order valence-corrected chi connectivity index (χ1v) is 8.68. The Kier molecular flexibility index (Phi) is 5.47. The summed E-state index contributed by atoms with van der Waals surface area (Å²) in [5.74, 6) is -0.213. The van der Waals surface area contributed by atoms with Crippen LogP contribution < -0.4 is 10.2 Å². The molecule has 1 N–H and O–H groups in total. The van der Waals surface area contributed by atoms with Gasteiger partial charge in [-0.3, -0.25) is 14.9 Å². The number of hydrogen-bond acceptors (Lipinski definition) is 6. The minimum atomic E-state index is -0.585. The fourth-order valence-corrected chi connectivity index (χ4v) is 3.47. The number of para-hydroxylation sites is 2. The second-order valence-electron chi connectivity index (χ2n) is 5.32. The molecule has 134 valence electrons. The van der Waals surface area contributed by atoms with E-state index in [2.05, 4.69) is 10.5 Å². The number of fused-ring (bicyclic) bond motifs is 1. The first-order valence-electron chi connectivity index (χ1n) is 7.69. The molecule has 1 heterocycles. The van der Waals surface area contributed by atoms with Crippen LogP contribution in [0.5, 0.6) is 5.75 Å². The molecule has 0 saturated heterocycles. The van der Waals surface area contributed by atoms with Crippen LogP contribution in [0.2, 0.25) is 0 Å². The normalized spacial score (nSPS) is 14.6. The van der Waals surface area contributed by atoms with E-state index in [9.17, 15) is 19.3 Å². The van der Waals surface area contributed by atoms with Gasteiger partial charge in [-0.1, -0.05) is 24.3 Å². The van der Waals surface area contributed by atoms with Crippen molar-refractivity contribution in [1.29, 1.82) is 0 Å². The molecule has 0 unspecified atom stereocenters. The van der Waals surface area contributed by atoms with Gasteiger partial charge >= 0.3 is 5.69 Å². The molecule has 3 rings (SSSR count). The topological polar surface area (TPSA) is 93.8 Å². The molecule has 7 nitrogen and oxygen atoms in total. The summed E-state index contributed by atoms with van der Waals surface area (Å²) in [6.07, 6.45) is 0.590. The summed E-state index contributed by atoms with van der Waals surface area (Å²) in [5.41, 5.74) is 3.37. The number of halogens is 1. The molecule has 0 spiro atoms. The second kappa shape index (κ2) is 7.96. The van der Waals surface area contributed by atoms with Crippen LogP contribution in [0.1, 0.15) is 12.0 Å². The van der Waals surface area contributed by atoms with Gasteiger partial charge in [-0.15, -0.1) is 11.8 Å². The number of amides is 1. The third kappa shape index (κ3) is 3.99. The molecule has 0 aliphatic carbocycles. The number of benzene rings is 2. The Bertz CT molecular complexity index is 888. The predicted octanol–water partition coefficient (Wildman–Crippen LogP) is 3.13. The van der Waals surface area contributed by atoms with E-state index in [-0.39, 0.29) is 17.3 Å². The molecular formula is C17H14FN3O4S. The van der Waals surface area contributed by atoms with Crippen molar-refractivity contribution in [3.05, 3.63) is 64.0 Å². The monoisotopic (exact) mass is 375 g/mol. The van der Waals surface area contributed by atoms with Gasteiger partial charge in [0.2, 0.25) is 0 Å². The number of rotatable bonds is 5. The Morgan fingerprint density at radius 1 is 1.31 bits per heavy atom. The SMILES string of the molecule is O=C(COc1ccccc1[N+](=O)[O-])N/N=C1/CCSc2c(F)cccc21. The maximum absolute atomic E-state index is 13.8. The Morgan fingerprint density at radius 2 is 2.12 bits per heavy atom. The van der Waals surface area contributed by atoms with Gasteiger partial charge in [-0.25, -0.2) is 9.82 Å². The second-order valence-corrected chi connectivity index (χ2v) is 6.43. The lowest BCUT2D eigenvalue weighted by Crippen LogP contribution is -2.27. The van der Waals surface area contributed by atoms with E-state index in [0.717, 1.165) is 0 Å². The summed E-state index contributed by atoms with van der Waals surface area (Å²) in [4.78, 5) is 22.8. The maximum atomic E-state index is 13.8. The fourth-order valence-electron chi connectivity index (χ4n) is 2.42. The first kappa shape index (κ1) is 17.9. The van der Waals surface area contributed by atoms with E-state index >= 15 is 0 Å². The summed E-state index contributed by atoms with van der Waals surface area (Å²) in [7, 11) is 0. The number of carbonyl (C=O) groups is 1. The molecule has 0 radical (unpaired) electrons. The van der Waals surface area contributed by atoms with Crippen LogP contribution in [0.25, 0.3) is 0 Å². The number of hydrogen-bond donors (Lipinski definition) is 1. The molecule has 1 aliphatic heterocycles. The van der Waals surface area contributed by atoms with Crippen molar-refractivity contribution in [2.75, 3.05) is 12.4 Å². The van der Waals surface area contributed by atoms with Gasteiger partial charge in [0.25, 0.3) is 5.91 Å². The van der Waals surface area contributed by atoms with Crippen molar-refractivity contribution >= 4 is 29.1 Å². The van der Waals surface area contributed by atoms with Gasteiger partial charge in [-0.2, -0.15) is 5.10 Å². The Morgan fingerprint density at radius 3 is 2.92 bits per heavy atom. The first-order chi connectivity index (χ1) is 12.6. The van der Waals surface area contributed by atoms with Gasteiger partial charge in [-0.05, 0) is 12.1 Å². The predicted molar refractivity (Wildman–Crippen MR) is 95.0 cm³/mol. The Labute approximate surface area is 152 Å². The van der Waals surface area contributed by atoms with Crippen molar-refractivity contribution in [3.8, 4) is 5.75 Å². The van der Waals surface area contributed by atoms with Gasteiger partial charge in [0.1, 0.15) is 5.82 Å². The zero-order chi connectivity index (χ0) is 18.5. The molecule has 9 heteroatoms. The smallest absolute Gasteiger partial charge is 0.310 e. The summed E-state index contributed by atoms with van der Waals surface area (Å²) in [6.45, 7) is -0.424. The van der Waals surface area contributed by atoms with Crippen molar-refractivity contribution in [1.82, 2.24) is 5.43 Å². The average Bonchev–Trinajstić information content (AvgIpc) is 2.65. The van der Waals surface area contributed by atoms with E-state index in [1.165, 1.54) is 36.0 Å². The number of thioether (sulfide) groups is 1. The van der Waals surface area contributed by atoms with E-state index in [1.54, 1.807) is 18.2 Å². The molecule has 2 aromatic carbocycles. The van der Waals surface area contributed by atoms with E-state index in [0.29, 0.717) is 28.3 Å². The summed E-state index contributed by atoms with van der Waals surface area (Å²) in [5, 5.41) is 15.0. The van der Waals surface area contributed by atoms with Crippen LogP contribution in [-0.2, 0) is 4.79 Å². The maximum Gasteiger partial charge on any atom is 0.310 e. The van der Waals surface area contributed by atoms with Gasteiger partial charge < -0.3 is 4.74 Å². The number of nitro benzene ring substituents is 1. The molecule has 0 saturated carbocycles. The number of nitro groups is 1. The highest BCUT2D eigenvalue weighted by atomic mass is 32.2. The number of carbonyl (C=O) groups excluding carboxylic acids is 1. The highest BCUT2D eigenvalue weighted by Gasteiger charge is 2.20. The van der Waals surface area contributed by atoms with Crippen LogP contribution in [0.3, 0.4) is 0 Å². The summed E-state index contributed by atoms with van der Waals surface area (Å²) >= 11 is 1.41. The standard InChI is InChI=1S/C17H14FN3O4S/c18-12-5-3-4-11-13(8-9-26-17(11)12)19-20-16(22)10-25-15-7-2-1-6-14(15)21(23)24/h1-7H,8-10H2,(H,20,22)/b19-13-. The fraction of sp³-hybridized carbons (Fsp3) is 0.176. The third-order valence-corrected chi connectivity index (χ3v) is 4.71. The van der Waals surface area contributed by atoms with Crippen LogP contribution in [-0.4, -0.2) is 28.9 Å². The number of hydrazone groups is 1. The molecule has 2 aromatic rings. The summed E-state index contributed by atoms with van der Waals surface area (Å²) < 4.78 is 19.0. The van der Waals surface area contributed by atoms with Crippen molar-refractivity contribution in [2.24, 2.45) is 5.10 Å². The number of ether oxygens (including phenoxy) is 1. The zero-order valence-electron chi connectivity index (χ0n) is 13.5. The van der Waals surface area contributed by atoms with Gasteiger partial charge in [0.15, 0.2) is 12.4 Å². The van der Waals surface area contributed by atoms with E-state index in [1.807, 2.05) is 0 Å². The lowest BCUT2D eigenvalue weighted by molar-refractivity contribution is -0.385. The van der Waals surface area contributed by atoms with Crippen LogP contribution in [0.4, 0.5) is 10.1 Å². The molecule has 26 heavy (non-hydrogen) atoms. The quantitative estimate of drug-likeness (QED) is 0.640. The van der Waals surface area contributed by atoms with E-state index < -0.39 is 17.4 Å². The highest BCUT2D eigenvalue weighted by molar-refractivity contribution is 7.99. The van der Waals surface area contributed by atoms with Crippen LogP contribution >= 0.6 is 11.8 Å². The largest absolute Gasteiger partial charge is 0.477 e. The minimum absolute atomic E-state index is 0.00165. The van der Waals surface area contributed by atoms with Gasteiger partial charge in [0.05, 0.1) is 15.5 Å². The molecule has 1 amide bonds.